The maximum absolute atomic E-state index is 10.5. The summed E-state index contributed by atoms with van der Waals surface area (Å²) in [6.45, 7) is 2.84. The third-order valence-electron chi connectivity index (χ3n) is 1.99. The maximum Gasteiger partial charge on any atom is 0.320 e. The van der Waals surface area contributed by atoms with Gasteiger partial charge in [-0.2, -0.15) is 5.10 Å². The van der Waals surface area contributed by atoms with Gasteiger partial charge in [-0.05, 0) is 12.5 Å². The zero-order valence-corrected chi connectivity index (χ0v) is 8.18. The Balaban J connectivity index is 2.66. The van der Waals surface area contributed by atoms with Crippen molar-refractivity contribution in [2.24, 2.45) is 5.73 Å². The monoisotopic (exact) mass is 197 g/mol. The van der Waals surface area contributed by atoms with E-state index in [2.05, 4.69) is 5.10 Å². The van der Waals surface area contributed by atoms with Crippen LogP contribution in [-0.4, -0.2) is 26.9 Å². The van der Waals surface area contributed by atoms with Crippen LogP contribution in [0.2, 0.25) is 0 Å². The van der Waals surface area contributed by atoms with Gasteiger partial charge in [-0.15, -0.1) is 0 Å². The van der Waals surface area contributed by atoms with Gasteiger partial charge in [0.15, 0.2) is 0 Å². The minimum atomic E-state index is -0.978. The molecule has 0 saturated heterocycles. The number of carboxylic acid groups (broad SMARTS) is 1. The fourth-order valence-corrected chi connectivity index (χ4v) is 1.26. The zero-order valence-electron chi connectivity index (χ0n) is 8.18. The van der Waals surface area contributed by atoms with E-state index in [4.69, 9.17) is 10.8 Å². The lowest BCUT2D eigenvalue weighted by Gasteiger charge is -2.08. The highest BCUT2D eigenvalue weighted by Crippen LogP contribution is 2.03. The number of hydrogen-bond donors (Lipinski definition) is 2. The van der Waals surface area contributed by atoms with Crippen LogP contribution in [0.15, 0.2) is 12.3 Å². The number of carboxylic acids is 1. The van der Waals surface area contributed by atoms with E-state index in [1.807, 2.05) is 6.92 Å². The lowest BCUT2D eigenvalue weighted by Crippen LogP contribution is -2.33. The fraction of sp³-hybridized carbons (Fsp3) is 0.556. The summed E-state index contributed by atoms with van der Waals surface area (Å²) in [5.41, 5.74) is 6.31. The molecule has 1 heterocycles. The quantitative estimate of drug-likeness (QED) is 0.708. The number of aliphatic carboxylic acids is 1. The lowest BCUT2D eigenvalue weighted by molar-refractivity contribution is -0.138. The number of aryl methyl sites for hydroxylation is 1. The minimum absolute atomic E-state index is 0.329. The number of nitrogens with zero attached hydrogens (tertiary/aromatic N) is 2. The molecule has 0 amide bonds. The molecule has 1 aromatic heterocycles. The van der Waals surface area contributed by atoms with Crippen LogP contribution in [0.3, 0.4) is 0 Å². The summed E-state index contributed by atoms with van der Waals surface area (Å²) >= 11 is 0. The number of hydrogen-bond acceptors (Lipinski definition) is 3. The summed E-state index contributed by atoms with van der Waals surface area (Å²) in [6, 6.07) is 0.959. The molecule has 0 aliphatic carbocycles. The van der Waals surface area contributed by atoms with Crippen molar-refractivity contribution in [3.8, 4) is 0 Å². The van der Waals surface area contributed by atoms with Gasteiger partial charge in [0.1, 0.15) is 6.04 Å². The second-order valence-corrected chi connectivity index (χ2v) is 3.19. The topological polar surface area (TPSA) is 81.1 Å². The third kappa shape index (κ3) is 2.56. The first-order chi connectivity index (χ1) is 6.65. The summed E-state index contributed by atoms with van der Waals surface area (Å²) in [4.78, 5) is 10.5. The number of aromatic nitrogens is 2. The second kappa shape index (κ2) is 4.76. The molecule has 0 fully saturated rings. The van der Waals surface area contributed by atoms with Crippen molar-refractivity contribution in [3.63, 3.8) is 0 Å². The van der Waals surface area contributed by atoms with Crippen molar-refractivity contribution >= 4 is 5.97 Å². The molecule has 0 radical (unpaired) electrons. The molecule has 78 valence electrons. The molecule has 5 nitrogen and oxygen atoms in total. The van der Waals surface area contributed by atoms with E-state index in [1.54, 1.807) is 16.9 Å². The van der Waals surface area contributed by atoms with Gasteiger partial charge >= 0.3 is 5.97 Å². The first-order valence-electron chi connectivity index (χ1n) is 4.64. The SMILES string of the molecule is CCCn1nccc1CC(N)C(=O)O. The van der Waals surface area contributed by atoms with Crippen LogP contribution in [0.25, 0.3) is 0 Å². The van der Waals surface area contributed by atoms with Crippen LogP contribution < -0.4 is 5.73 Å². The van der Waals surface area contributed by atoms with E-state index in [-0.39, 0.29) is 0 Å². The maximum atomic E-state index is 10.5. The molecule has 1 atom stereocenters. The molecule has 14 heavy (non-hydrogen) atoms. The van der Waals surface area contributed by atoms with Gasteiger partial charge < -0.3 is 10.8 Å². The summed E-state index contributed by atoms with van der Waals surface area (Å²) in [7, 11) is 0. The number of nitrogens with two attached hydrogens (primary N) is 1. The Morgan fingerprint density at radius 2 is 2.50 bits per heavy atom. The first kappa shape index (κ1) is 10.7. The highest BCUT2D eigenvalue weighted by Gasteiger charge is 2.14. The van der Waals surface area contributed by atoms with Gasteiger partial charge in [0, 0.05) is 24.9 Å². The first-order valence-corrected chi connectivity index (χ1v) is 4.64. The number of carbonyl (C=O) groups is 1. The minimum Gasteiger partial charge on any atom is -0.480 e. The molecule has 0 saturated carbocycles. The Kier molecular flexibility index (Phi) is 3.64. The Hall–Kier alpha value is -1.36. The van der Waals surface area contributed by atoms with E-state index in [0.717, 1.165) is 18.7 Å². The molecule has 3 N–H and O–H groups in total. The molecule has 0 aliphatic heterocycles. The highest BCUT2D eigenvalue weighted by molar-refractivity contribution is 5.73. The predicted molar refractivity (Wildman–Crippen MR) is 51.8 cm³/mol. The van der Waals surface area contributed by atoms with E-state index >= 15 is 0 Å². The molecule has 0 aromatic carbocycles. The average molecular weight is 197 g/mol. The van der Waals surface area contributed by atoms with Crippen LogP contribution in [0, 0.1) is 0 Å². The Bertz CT molecular complexity index is 309. The molecule has 1 rings (SSSR count). The summed E-state index contributed by atoms with van der Waals surface area (Å²) in [6.07, 6.45) is 2.96. The van der Waals surface area contributed by atoms with Crippen LogP contribution >= 0.6 is 0 Å². The Morgan fingerprint density at radius 3 is 3.07 bits per heavy atom. The summed E-state index contributed by atoms with van der Waals surface area (Å²) in [5.74, 6) is -0.978. The van der Waals surface area contributed by atoms with Crippen molar-refractivity contribution in [2.75, 3.05) is 0 Å². The van der Waals surface area contributed by atoms with Crippen LogP contribution in [0.5, 0.6) is 0 Å². The smallest absolute Gasteiger partial charge is 0.320 e. The molecule has 1 aromatic rings. The van der Waals surface area contributed by atoms with E-state index in [0.29, 0.717) is 6.42 Å². The van der Waals surface area contributed by atoms with Crippen molar-refractivity contribution in [1.82, 2.24) is 9.78 Å². The van der Waals surface area contributed by atoms with Gasteiger partial charge in [-0.3, -0.25) is 9.48 Å². The van der Waals surface area contributed by atoms with Crippen molar-refractivity contribution < 1.29 is 9.90 Å². The van der Waals surface area contributed by atoms with E-state index in [1.165, 1.54) is 0 Å². The van der Waals surface area contributed by atoms with Gasteiger partial charge in [0.25, 0.3) is 0 Å². The summed E-state index contributed by atoms with van der Waals surface area (Å²) < 4.78 is 1.79. The van der Waals surface area contributed by atoms with Crippen LogP contribution in [0.1, 0.15) is 19.0 Å². The van der Waals surface area contributed by atoms with Gasteiger partial charge in [0.05, 0.1) is 0 Å². The summed E-state index contributed by atoms with van der Waals surface area (Å²) in [5, 5.41) is 12.7. The van der Waals surface area contributed by atoms with Gasteiger partial charge in [0.2, 0.25) is 0 Å². The van der Waals surface area contributed by atoms with Gasteiger partial charge in [-0.25, -0.2) is 0 Å². The molecule has 1 unspecified atom stereocenters. The molecule has 0 bridgehead atoms. The predicted octanol–water partition coefficient (Wildman–Crippen LogP) is 0.248. The largest absolute Gasteiger partial charge is 0.480 e. The Morgan fingerprint density at radius 1 is 1.79 bits per heavy atom. The molecular formula is C9H15N3O2. The molecule has 0 spiro atoms. The number of rotatable bonds is 5. The lowest BCUT2D eigenvalue weighted by atomic mass is 10.2. The highest BCUT2D eigenvalue weighted by atomic mass is 16.4. The average Bonchev–Trinajstić information content (AvgIpc) is 2.53. The van der Waals surface area contributed by atoms with Crippen molar-refractivity contribution in [2.45, 2.75) is 32.4 Å². The van der Waals surface area contributed by atoms with Crippen LogP contribution in [-0.2, 0) is 17.8 Å². The standard InChI is InChI=1S/C9H15N3O2/c1-2-5-12-7(3-4-11-12)6-8(10)9(13)14/h3-4,8H,2,5-6,10H2,1H3,(H,13,14). The van der Waals surface area contributed by atoms with Gasteiger partial charge in [-0.1, -0.05) is 6.92 Å². The Labute approximate surface area is 82.5 Å². The molecule has 0 aliphatic rings. The van der Waals surface area contributed by atoms with Crippen LogP contribution in [0.4, 0.5) is 0 Å². The van der Waals surface area contributed by atoms with E-state index in [9.17, 15) is 4.79 Å². The third-order valence-corrected chi connectivity index (χ3v) is 1.99. The normalized spacial score (nSPS) is 12.7. The zero-order chi connectivity index (χ0) is 10.6. The fourth-order valence-electron chi connectivity index (χ4n) is 1.26. The molecule has 5 heteroatoms. The second-order valence-electron chi connectivity index (χ2n) is 3.19. The van der Waals surface area contributed by atoms with E-state index < -0.39 is 12.0 Å². The molecular weight excluding hydrogens is 182 g/mol. The van der Waals surface area contributed by atoms with Crippen molar-refractivity contribution in [3.05, 3.63) is 18.0 Å². The van der Waals surface area contributed by atoms with Crippen molar-refractivity contribution in [1.29, 1.82) is 0 Å².